The van der Waals surface area contributed by atoms with E-state index in [1.165, 1.54) is 6.07 Å². The SMILES string of the molecule is FC(F)(F)C(F)(F)C(F)(F)N/N=C\c1cc(Cl)cc(Cl)c1OCc1ccccc1Cl. The van der Waals surface area contributed by atoms with Crippen molar-refractivity contribution in [1.29, 1.82) is 0 Å². The number of alkyl halides is 7. The average molecular weight is 498 g/mol. The summed E-state index contributed by atoms with van der Waals surface area (Å²) in [7, 11) is 0. The topological polar surface area (TPSA) is 33.6 Å². The van der Waals surface area contributed by atoms with Gasteiger partial charge in [0, 0.05) is 21.2 Å². The summed E-state index contributed by atoms with van der Waals surface area (Å²) in [5, 5.41) is 3.04. The zero-order chi connectivity index (χ0) is 22.7. The van der Waals surface area contributed by atoms with Gasteiger partial charge in [0.15, 0.2) is 0 Å². The zero-order valence-corrected chi connectivity index (χ0v) is 16.7. The van der Waals surface area contributed by atoms with Gasteiger partial charge >= 0.3 is 18.1 Å². The van der Waals surface area contributed by atoms with Gasteiger partial charge in [-0.1, -0.05) is 53.0 Å². The van der Waals surface area contributed by atoms with Gasteiger partial charge in [-0.15, -0.1) is 0 Å². The molecule has 30 heavy (non-hydrogen) atoms. The molecule has 0 spiro atoms. The summed E-state index contributed by atoms with van der Waals surface area (Å²) in [6, 6.07) is 3.19. The smallest absolute Gasteiger partial charge is 0.462 e. The van der Waals surface area contributed by atoms with Crippen LogP contribution in [0.1, 0.15) is 11.1 Å². The lowest BCUT2D eigenvalue weighted by atomic mass is 10.2. The number of ether oxygens (including phenoxy) is 1. The number of nitrogens with one attached hydrogen (secondary N) is 1. The maximum absolute atomic E-state index is 13.3. The highest BCUT2D eigenvalue weighted by atomic mass is 35.5. The van der Waals surface area contributed by atoms with Gasteiger partial charge in [0.2, 0.25) is 0 Å². The zero-order valence-electron chi connectivity index (χ0n) is 14.4. The second-order valence-corrected chi connectivity index (χ2v) is 6.95. The molecular weight excluding hydrogens is 488 g/mol. The second-order valence-electron chi connectivity index (χ2n) is 5.70. The van der Waals surface area contributed by atoms with Gasteiger partial charge in [-0.3, -0.25) is 0 Å². The first-order valence-electron chi connectivity index (χ1n) is 7.74. The average Bonchev–Trinajstić information content (AvgIpc) is 2.61. The fraction of sp³-hybridized carbons (Fsp3) is 0.235. The van der Waals surface area contributed by atoms with Crippen LogP contribution >= 0.6 is 34.8 Å². The van der Waals surface area contributed by atoms with Crippen LogP contribution in [0.3, 0.4) is 0 Å². The van der Waals surface area contributed by atoms with Crippen LogP contribution in [0.2, 0.25) is 15.1 Å². The van der Waals surface area contributed by atoms with E-state index < -0.39 is 18.1 Å². The van der Waals surface area contributed by atoms with Crippen molar-refractivity contribution in [3.63, 3.8) is 0 Å². The minimum atomic E-state index is -6.50. The van der Waals surface area contributed by atoms with Crippen LogP contribution in [0.25, 0.3) is 0 Å². The van der Waals surface area contributed by atoms with Crippen LogP contribution in [0, 0.1) is 0 Å². The van der Waals surface area contributed by atoms with Crippen molar-refractivity contribution in [2.75, 3.05) is 0 Å². The summed E-state index contributed by atoms with van der Waals surface area (Å²) in [6.45, 7) is -0.127. The molecule has 0 saturated carbocycles. The summed E-state index contributed by atoms with van der Waals surface area (Å²) < 4.78 is 94.3. The Kier molecular flexibility index (Phi) is 7.36. The quantitative estimate of drug-likeness (QED) is 0.195. The molecule has 2 aromatic rings. The third-order valence-electron chi connectivity index (χ3n) is 3.53. The molecule has 13 heteroatoms. The van der Waals surface area contributed by atoms with Gasteiger partial charge in [0.05, 0.1) is 11.2 Å². The molecule has 1 N–H and O–H groups in total. The van der Waals surface area contributed by atoms with Crippen LogP contribution in [-0.2, 0) is 6.61 Å². The van der Waals surface area contributed by atoms with E-state index in [1.54, 1.807) is 24.3 Å². The maximum atomic E-state index is 13.3. The standard InChI is InChI=1S/C17H10Cl3F7N2O/c18-11-5-10(7-28-29-17(26,27)15(21,22)16(23,24)25)14(13(20)6-11)30-8-9-3-1-2-4-12(9)19/h1-7,29H,8H2/b28-7-. The number of hydrogen-bond donors (Lipinski definition) is 1. The highest BCUT2D eigenvalue weighted by Gasteiger charge is 2.73. The molecule has 0 amide bonds. The van der Waals surface area contributed by atoms with E-state index in [0.29, 0.717) is 22.2 Å². The molecule has 2 aromatic carbocycles. The van der Waals surface area contributed by atoms with Crippen molar-refractivity contribution < 1.29 is 35.5 Å². The van der Waals surface area contributed by atoms with Gasteiger partial charge in [0.1, 0.15) is 12.4 Å². The summed E-state index contributed by atoms with van der Waals surface area (Å²) in [4.78, 5) is 0. The van der Waals surface area contributed by atoms with Crippen molar-refractivity contribution in [3.8, 4) is 5.75 Å². The van der Waals surface area contributed by atoms with E-state index in [9.17, 15) is 30.7 Å². The Balaban J connectivity index is 2.26. The van der Waals surface area contributed by atoms with E-state index in [0.717, 1.165) is 6.07 Å². The molecule has 0 heterocycles. The van der Waals surface area contributed by atoms with Crippen molar-refractivity contribution in [3.05, 3.63) is 62.6 Å². The molecule has 0 aliphatic heterocycles. The molecule has 0 radical (unpaired) electrons. The van der Waals surface area contributed by atoms with E-state index in [2.05, 4.69) is 5.10 Å². The molecule has 0 aromatic heterocycles. The number of hydrogen-bond acceptors (Lipinski definition) is 3. The first-order valence-corrected chi connectivity index (χ1v) is 8.87. The van der Waals surface area contributed by atoms with Crippen molar-refractivity contribution in [2.45, 2.75) is 24.8 Å². The number of halogens is 10. The van der Waals surface area contributed by atoms with E-state index in [-0.39, 0.29) is 28.0 Å². The van der Waals surface area contributed by atoms with Gasteiger partial charge in [-0.05, 0) is 18.2 Å². The number of rotatable bonds is 7. The lowest BCUT2D eigenvalue weighted by Gasteiger charge is -2.27. The summed E-state index contributed by atoms with van der Waals surface area (Å²) in [5.74, 6) is -6.51. The van der Waals surface area contributed by atoms with E-state index in [4.69, 9.17) is 39.5 Å². The minimum Gasteiger partial charge on any atom is -0.487 e. The Labute approximate surface area is 180 Å². The number of hydrazone groups is 1. The lowest BCUT2D eigenvalue weighted by molar-refractivity contribution is -0.361. The maximum Gasteiger partial charge on any atom is 0.462 e. The van der Waals surface area contributed by atoms with Crippen molar-refractivity contribution >= 4 is 41.0 Å². The normalized spacial score (nSPS) is 13.0. The molecule has 3 nitrogen and oxygen atoms in total. The van der Waals surface area contributed by atoms with Crippen LogP contribution in [0.5, 0.6) is 5.75 Å². The molecule has 0 atom stereocenters. The minimum absolute atomic E-state index is 0.000995. The predicted octanol–water partition coefficient (Wildman–Crippen LogP) is 6.94. The molecule has 0 bridgehead atoms. The molecule has 0 saturated heterocycles. The molecular formula is C17H10Cl3F7N2O. The number of nitrogens with zero attached hydrogens (tertiary/aromatic N) is 1. The first kappa shape index (κ1) is 24.4. The third kappa shape index (κ3) is 5.41. The summed E-state index contributed by atoms with van der Waals surface area (Å²) in [6.07, 6.45) is -5.98. The predicted molar refractivity (Wildman–Crippen MR) is 98.9 cm³/mol. The molecule has 164 valence electrons. The van der Waals surface area contributed by atoms with Crippen LogP contribution in [0.4, 0.5) is 30.7 Å². The van der Waals surface area contributed by atoms with Crippen molar-refractivity contribution in [1.82, 2.24) is 5.43 Å². The number of benzene rings is 2. The fourth-order valence-corrected chi connectivity index (χ4v) is 2.78. The monoisotopic (exact) mass is 496 g/mol. The summed E-state index contributed by atoms with van der Waals surface area (Å²) >= 11 is 17.8. The molecule has 2 rings (SSSR count). The molecule has 0 fully saturated rings. The largest absolute Gasteiger partial charge is 0.487 e. The van der Waals surface area contributed by atoms with Gasteiger partial charge in [-0.2, -0.15) is 35.8 Å². The Hall–Kier alpha value is -1.91. The highest BCUT2D eigenvalue weighted by Crippen LogP contribution is 2.45. The molecule has 0 aliphatic carbocycles. The molecule has 0 aliphatic rings. The van der Waals surface area contributed by atoms with E-state index >= 15 is 0 Å². The third-order valence-corrected chi connectivity index (χ3v) is 4.39. The Morgan fingerprint density at radius 3 is 2.17 bits per heavy atom. The Morgan fingerprint density at radius 1 is 0.933 bits per heavy atom. The van der Waals surface area contributed by atoms with E-state index in [1.807, 2.05) is 0 Å². The first-order chi connectivity index (χ1) is 13.8. The van der Waals surface area contributed by atoms with Crippen LogP contribution in [-0.4, -0.2) is 24.4 Å². The summed E-state index contributed by atoms with van der Waals surface area (Å²) in [5.41, 5.74) is 0.868. The Morgan fingerprint density at radius 2 is 1.57 bits per heavy atom. The Bertz CT molecular complexity index is 936. The second kappa shape index (κ2) is 9.07. The van der Waals surface area contributed by atoms with Crippen LogP contribution in [0.15, 0.2) is 41.5 Å². The van der Waals surface area contributed by atoms with Crippen LogP contribution < -0.4 is 10.2 Å². The van der Waals surface area contributed by atoms with Gasteiger partial charge in [0.25, 0.3) is 0 Å². The fourth-order valence-electron chi connectivity index (χ4n) is 2.02. The van der Waals surface area contributed by atoms with Gasteiger partial charge < -0.3 is 4.74 Å². The lowest BCUT2D eigenvalue weighted by Crippen LogP contribution is -2.58. The van der Waals surface area contributed by atoms with Gasteiger partial charge in [-0.25, -0.2) is 5.43 Å². The van der Waals surface area contributed by atoms with Crippen molar-refractivity contribution in [2.24, 2.45) is 5.10 Å². The highest BCUT2D eigenvalue weighted by molar-refractivity contribution is 6.36. The molecule has 0 unspecified atom stereocenters.